The maximum atomic E-state index is 12.2. The van der Waals surface area contributed by atoms with Crippen LogP contribution in [0.1, 0.15) is 38.6 Å². The van der Waals surface area contributed by atoms with Crippen molar-refractivity contribution in [3.05, 3.63) is 23.7 Å². The number of amides is 1. The van der Waals surface area contributed by atoms with Crippen LogP contribution >= 0.6 is 11.3 Å². The second kappa shape index (κ2) is 7.18. The number of thiazole rings is 1. The van der Waals surface area contributed by atoms with E-state index in [1.807, 2.05) is 5.38 Å². The van der Waals surface area contributed by atoms with Gasteiger partial charge in [-0.2, -0.15) is 0 Å². The van der Waals surface area contributed by atoms with E-state index in [2.05, 4.69) is 43.8 Å². The first-order chi connectivity index (χ1) is 11.1. The van der Waals surface area contributed by atoms with Crippen LogP contribution in [-0.2, 0) is 11.3 Å². The molecule has 1 fully saturated rings. The van der Waals surface area contributed by atoms with Crippen LogP contribution in [-0.4, -0.2) is 43.6 Å². The molecule has 1 aliphatic rings. The topological polar surface area (TPSA) is 75.9 Å². The van der Waals surface area contributed by atoms with Gasteiger partial charge in [0.25, 0.3) is 0 Å². The van der Waals surface area contributed by atoms with Crippen molar-refractivity contribution < 1.29 is 4.79 Å². The Hall–Kier alpha value is -1.80. The number of nitrogens with one attached hydrogen (secondary N) is 1. The fraction of sp³-hybridized carbons (Fsp3) is 0.600. The van der Waals surface area contributed by atoms with Crippen LogP contribution in [0.15, 0.2) is 17.9 Å². The lowest BCUT2D eigenvalue weighted by Crippen LogP contribution is -2.34. The third-order valence-corrected chi connectivity index (χ3v) is 4.58. The van der Waals surface area contributed by atoms with Gasteiger partial charge in [-0.05, 0) is 25.3 Å². The first kappa shape index (κ1) is 16.1. The van der Waals surface area contributed by atoms with Gasteiger partial charge in [0.2, 0.25) is 5.91 Å². The first-order valence-corrected chi connectivity index (χ1v) is 8.82. The van der Waals surface area contributed by atoms with Crippen molar-refractivity contribution in [1.29, 1.82) is 0 Å². The molecule has 0 radical (unpaired) electrons. The van der Waals surface area contributed by atoms with E-state index in [0.29, 0.717) is 17.6 Å². The van der Waals surface area contributed by atoms with Gasteiger partial charge in [-0.15, -0.1) is 21.5 Å². The van der Waals surface area contributed by atoms with Crippen molar-refractivity contribution in [2.75, 3.05) is 18.4 Å². The number of likely N-dealkylation sites (tertiary alicyclic amines) is 1. The van der Waals surface area contributed by atoms with Crippen LogP contribution in [0.4, 0.5) is 5.13 Å². The SMILES string of the molecule is CC(C)Cn1cnnc1[C@H]1CCCN1CC(=O)Nc1nccs1. The van der Waals surface area contributed by atoms with Gasteiger partial charge in [-0.25, -0.2) is 4.98 Å². The van der Waals surface area contributed by atoms with Crippen molar-refractivity contribution in [3.8, 4) is 0 Å². The molecule has 124 valence electrons. The molecular formula is C15H22N6OS. The lowest BCUT2D eigenvalue weighted by Gasteiger charge is -2.23. The Morgan fingerprint density at radius 3 is 3.13 bits per heavy atom. The number of hydrogen-bond acceptors (Lipinski definition) is 6. The van der Waals surface area contributed by atoms with E-state index in [-0.39, 0.29) is 11.9 Å². The number of aromatic nitrogens is 4. The van der Waals surface area contributed by atoms with Crippen LogP contribution in [0.5, 0.6) is 0 Å². The van der Waals surface area contributed by atoms with E-state index in [4.69, 9.17) is 0 Å². The molecule has 0 aromatic carbocycles. The van der Waals surface area contributed by atoms with Crippen LogP contribution in [0.3, 0.4) is 0 Å². The maximum absolute atomic E-state index is 12.2. The minimum absolute atomic E-state index is 0.0261. The van der Waals surface area contributed by atoms with Crippen molar-refractivity contribution in [2.45, 2.75) is 39.3 Å². The summed E-state index contributed by atoms with van der Waals surface area (Å²) in [6.07, 6.45) is 5.57. The Kier molecular flexibility index (Phi) is 5.02. The van der Waals surface area contributed by atoms with E-state index in [0.717, 1.165) is 31.8 Å². The van der Waals surface area contributed by atoms with Gasteiger partial charge in [0, 0.05) is 18.1 Å². The molecule has 0 saturated carbocycles. The molecule has 0 spiro atoms. The number of carbonyl (C=O) groups excluding carboxylic acids is 1. The largest absolute Gasteiger partial charge is 0.316 e. The summed E-state index contributed by atoms with van der Waals surface area (Å²) >= 11 is 1.43. The second-order valence-corrected chi connectivity index (χ2v) is 7.14. The number of anilines is 1. The van der Waals surface area contributed by atoms with Gasteiger partial charge in [0.05, 0.1) is 12.6 Å². The van der Waals surface area contributed by atoms with Gasteiger partial charge < -0.3 is 9.88 Å². The summed E-state index contributed by atoms with van der Waals surface area (Å²) in [4.78, 5) is 18.5. The Bertz CT molecular complexity index is 638. The summed E-state index contributed by atoms with van der Waals surface area (Å²) in [5, 5.41) is 13.7. The minimum atomic E-state index is -0.0261. The molecule has 1 saturated heterocycles. The molecule has 0 bridgehead atoms. The first-order valence-electron chi connectivity index (χ1n) is 7.94. The summed E-state index contributed by atoms with van der Waals surface area (Å²) in [5.41, 5.74) is 0. The highest BCUT2D eigenvalue weighted by molar-refractivity contribution is 7.13. The molecule has 3 rings (SSSR count). The maximum Gasteiger partial charge on any atom is 0.240 e. The van der Waals surface area contributed by atoms with Gasteiger partial charge >= 0.3 is 0 Å². The number of nitrogens with zero attached hydrogens (tertiary/aromatic N) is 5. The lowest BCUT2D eigenvalue weighted by atomic mass is 10.2. The van der Waals surface area contributed by atoms with Gasteiger partial charge in [0.1, 0.15) is 12.2 Å². The highest BCUT2D eigenvalue weighted by Gasteiger charge is 2.31. The molecule has 1 N–H and O–H groups in total. The summed E-state index contributed by atoms with van der Waals surface area (Å²) in [6, 6.07) is 0.165. The van der Waals surface area contributed by atoms with E-state index in [1.54, 1.807) is 12.5 Å². The van der Waals surface area contributed by atoms with Gasteiger partial charge in [-0.1, -0.05) is 13.8 Å². The Morgan fingerprint density at radius 1 is 1.52 bits per heavy atom. The fourth-order valence-corrected chi connectivity index (χ4v) is 3.54. The highest BCUT2D eigenvalue weighted by Crippen LogP contribution is 2.30. The quantitative estimate of drug-likeness (QED) is 0.876. The molecule has 8 heteroatoms. The predicted molar refractivity (Wildman–Crippen MR) is 89.2 cm³/mol. The van der Waals surface area contributed by atoms with Crippen molar-refractivity contribution in [3.63, 3.8) is 0 Å². The highest BCUT2D eigenvalue weighted by atomic mass is 32.1. The lowest BCUT2D eigenvalue weighted by molar-refractivity contribution is -0.117. The third kappa shape index (κ3) is 3.94. The molecule has 1 amide bonds. The molecule has 23 heavy (non-hydrogen) atoms. The third-order valence-electron chi connectivity index (χ3n) is 3.89. The average Bonchev–Trinajstić information content (AvgIpc) is 3.20. The summed E-state index contributed by atoms with van der Waals surface area (Å²) in [7, 11) is 0. The molecule has 1 atom stereocenters. The van der Waals surface area contributed by atoms with E-state index < -0.39 is 0 Å². The van der Waals surface area contributed by atoms with Crippen LogP contribution < -0.4 is 5.32 Å². The predicted octanol–water partition coefficient (Wildman–Crippen LogP) is 2.17. The fourth-order valence-electron chi connectivity index (χ4n) is 2.99. The molecule has 3 heterocycles. The van der Waals surface area contributed by atoms with E-state index in [9.17, 15) is 4.79 Å². The summed E-state index contributed by atoms with van der Waals surface area (Å²) < 4.78 is 2.12. The molecular weight excluding hydrogens is 312 g/mol. The van der Waals surface area contributed by atoms with Gasteiger partial charge in [-0.3, -0.25) is 9.69 Å². The molecule has 0 aliphatic carbocycles. The summed E-state index contributed by atoms with van der Waals surface area (Å²) in [6.45, 7) is 6.52. The number of hydrogen-bond donors (Lipinski definition) is 1. The minimum Gasteiger partial charge on any atom is -0.316 e. The summed E-state index contributed by atoms with van der Waals surface area (Å²) in [5.74, 6) is 1.48. The van der Waals surface area contributed by atoms with Crippen molar-refractivity contribution >= 4 is 22.4 Å². The van der Waals surface area contributed by atoms with Crippen LogP contribution in [0.2, 0.25) is 0 Å². The molecule has 2 aromatic rings. The van der Waals surface area contributed by atoms with Crippen molar-refractivity contribution in [2.24, 2.45) is 5.92 Å². The molecule has 1 aliphatic heterocycles. The standard InChI is InChI=1S/C15H22N6OS/c1-11(2)8-21-10-17-19-14(21)12-4-3-6-20(12)9-13(22)18-15-16-5-7-23-15/h5,7,10-12H,3-4,6,8-9H2,1-2H3,(H,16,18,22)/t12-/m1/s1. The average molecular weight is 334 g/mol. The number of rotatable bonds is 6. The van der Waals surface area contributed by atoms with Crippen molar-refractivity contribution in [1.82, 2.24) is 24.6 Å². The molecule has 0 unspecified atom stereocenters. The monoisotopic (exact) mass is 334 g/mol. The van der Waals surface area contributed by atoms with E-state index in [1.165, 1.54) is 11.3 Å². The zero-order chi connectivity index (χ0) is 16.2. The normalized spacial score (nSPS) is 18.7. The Labute approximate surface area is 139 Å². The zero-order valence-electron chi connectivity index (χ0n) is 13.5. The zero-order valence-corrected chi connectivity index (χ0v) is 14.3. The smallest absolute Gasteiger partial charge is 0.240 e. The molecule has 2 aromatic heterocycles. The number of carbonyl (C=O) groups is 1. The second-order valence-electron chi connectivity index (χ2n) is 6.25. The molecule has 7 nitrogen and oxygen atoms in total. The Morgan fingerprint density at radius 2 is 2.39 bits per heavy atom. The van der Waals surface area contributed by atoms with Gasteiger partial charge in [0.15, 0.2) is 5.13 Å². The van der Waals surface area contributed by atoms with Crippen LogP contribution in [0.25, 0.3) is 0 Å². The van der Waals surface area contributed by atoms with E-state index >= 15 is 0 Å². The van der Waals surface area contributed by atoms with Crippen LogP contribution in [0, 0.1) is 5.92 Å². The Balaban J connectivity index is 1.66.